The number of hydrogen-bond acceptors (Lipinski definition) is 6. The van der Waals surface area contributed by atoms with Gasteiger partial charge in [-0.15, -0.1) is 0 Å². The van der Waals surface area contributed by atoms with Gasteiger partial charge in [0.15, 0.2) is 11.5 Å². The van der Waals surface area contributed by atoms with E-state index in [1.807, 2.05) is 0 Å². The van der Waals surface area contributed by atoms with Crippen molar-refractivity contribution in [1.29, 1.82) is 0 Å². The van der Waals surface area contributed by atoms with Crippen LogP contribution in [-0.4, -0.2) is 65.5 Å². The largest absolute Gasteiger partial charge is 0.454 e. The molecule has 150 valence electrons. The first-order chi connectivity index (χ1) is 12.8. The van der Waals surface area contributed by atoms with E-state index in [1.165, 1.54) is 0 Å². The van der Waals surface area contributed by atoms with Crippen molar-refractivity contribution in [1.82, 2.24) is 10.2 Å². The van der Waals surface area contributed by atoms with Gasteiger partial charge in [0.25, 0.3) is 0 Å². The van der Waals surface area contributed by atoms with Crippen molar-refractivity contribution < 1.29 is 22.7 Å². The van der Waals surface area contributed by atoms with Crippen molar-refractivity contribution in [2.75, 3.05) is 50.6 Å². The molecule has 0 spiro atoms. The summed E-state index contributed by atoms with van der Waals surface area (Å²) in [6, 6.07) is 4.84. The van der Waals surface area contributed by atoms with E-state index in [4.69, 9.17) is 9.47 Å². The third-order valence-electron chi connectivity index (χ3n) is 5.04. The molecule has 2 aliphatic heterocycles. The van der Waals surface area contributed by atoms with E-state index >= 15 is 0 Å². The van der Waals surface area contributed by atoms with Gasteiger partial charge in [-0.3, -0.25) is 9.10 Å². The lowest BCUT2D eigenvalue weighted by Gasteiger charge is -2.29. The molecule has 0 aliphatic carbocycles. The molecule has 0 saturated carbocycles. The standard InChI is InChI=1S/C18H27N3O5S/c1-20-9-6-14(7-10-20)5-8-19-18(22)12-21(27(2,23)24)15-3-4-16-17(11-15)26-13-25-16/h3-4,11,14H,5-10,12-13H2,1-2H3,(H,19,22). The molecular weight excluding hydrogens is 370 g/mol. The Morgan fingerprint density at radius 2 is 1.96 bits per heavy atom. The van der Waals surface area contributed by atoms with Gasteiger partial charge in [-0.05, 0) is 57.5 Å². The fourth-order valence-corrected chi connectivity index (χ4v) is 4.24. The first kappa shape index (κ1) is 19.8. The number of nitrogens with zero attached hydrogens (tertiary/aromatic N) is 2. The van der Waals surface area contributed by atoms with Gasteiger partial charge in [0.05, 0.1) is 11.9 Å². The Balaban J connectivity index is 1.56. The summed E-state index contributed by atoms with van der Waals surface area (Å²) < 4.78 is 36.0. The molecule has 3 rings (SSSR count). The van der Waals surface area contributed by atoms with Crippen LogP contribution in [0.3, 0.4) is 0 Å². The first-order valence-corrected chi connectivity index (χ1v) is 11.0. The highest BCUT2D eigenvalue weighted by atomic mass is 32.2. The molecule has 1 amide bonds. The molecule has 1 aromatic rings. The van der Waals surface area contributed by atoms with Gasteiger partial charge >= 0.3 is 0 Å². The van der Waals surface area contributed by atoms with E-state index < -0.39 is 10.0 Å². The lowest BCUT2D eigenvalue weighted by Crippen LogP contribution is -2.41. The van der Waals surface area contributed by atoms with Crippen LogP contribution in [0.25, 0.3) is 0 Å². The number of rotatable bonds is 7. The molecule has 0 aromatic heterocycles. The number of likely N-dealkylation sites (tertiary alicyclic amines) is 1. The second kappa shape index (κ2) is 8.35. The molecule has 1 fully saturated rings. The van der Waals surface area contributed by atoms with Crippen LogP contribution in [0.5, 0.6) is 11.5 Å². The fourth-order valence-electron chi connectivity index (χ4n) is 3.39. The average Bonchev–Trinajstić information content (AvgIpc) is 3.08. The van der Waals surface area contributed by atoms with E-state index in [-0.39, 0.29) is 19.2 Å². The minimum absolute atomic E-state index is 0.106. The van der Waals surface area contributed by atoms with E-state index in [9.17, 15) is 13.2 Å². The fraction of sp³-hybridized carbons (Fsp3) is 0.611. The Bertz CT molecular complexity index is 775. The molecule has 1 aromatic carbocycles. The van der Waals surface area contributed by atoms with Gasteiger partial charge in [0.1, 0.15) is 6.54 Å². The third kappa shape index (κ3) is 5.26. The molecule has 2 heterocycles. The summed E-state index contributed by atoms with van der Waals surface area (Å²) in [6.07, 6.45) is 4.28. The number of anilines is 1. The van der Waals surface area contributed by atoms with Crippen molar-refractivity contribution in [3.8, 4) is 11.5 Å². The van der Waals surface area contributed by atoms with Crippen LogP contribution in [0, 0.1) is 5.92 Å². The van der Waals surface area contributed by atoms with Crippen molar-refractivity contribution in [3.05, 3.63) is 18.2 Å². The summed E-state index contributed by atoms with van der Waals surface area (Å²) in [5.74, 6) is 1.34. The zero-order valence-electron chi connectivity index (χ0n) is 15.8. The maximum absolute atomic E-state index is 12.3. The highest BCUT2D eigenvalue weighted by molar-refractivity contribution is 7.92. The molecule has 8 nitrogen and oxygen atoms in total. The Labute approximate surface area is 160 Å². The zero-order chi connectivity index (χ0) is 19.4. The number of benzene rings is 1. The Hall–Kier alpha value is -2.00. The number of amides is 1. The molecule has 0 unspecified atom stereocenters. The Morgan fingerprint density at radius 1 is 1.26 bits per heavy atom. The molecule has 0 atom stereocenters. The number of nitrogens with one attached hydrogen (secondary N) is 1. The number of ether oxygens (including phenoxy) is 2. The lowest BCUT2D eigenvalue weighted by atomic mass is 9.94. The molecule has 2 aliphatic rings. The summed E-state index contributed by atoms with van der Waals surface area (Å²) >= 11 is 0. The number of sulfonamides is 1. The lowest BCUT2D eigenvalue weighted by molar-refractivity contribution is -0.119. The maximum atomic E-state index is 12.3. The third-order valence-corrected chi connectivity index (χ3v) is 6.19. The normalized spacial score (nSPS) is 17.7. The van der Waals surface area contributed by atoms with Gasteiger partial charge in [0, 0.05) is 12.6 Å². The predicted molar refractivity (Wildman–Crippen MR) is 103 cm³/mol. The summed E-state index contributed by atoms with van der Waals surface area (Å²) in [6.45, 7) is 2.59. The summed E-state index contributed by atoms with van der Waals surface area (Å²) in [7, 11) is -1.49. The van der Waals surface area contributed by atoms with Crippen LogP contribution in [0.2, 0.25) is 0 Å². The minimum Gasteiger partial charge on any atom is -0.454 e. The van der Waals surface area contributed by atoms with Crippen LogP contribution in [0.15, 0.2) is 18.2 Å². The van der Waals surface area contributed by atoms with E-state index in [0.29, 0.717) is 29.6 Å². The van der Waals surface area contributed by atoms with Crippen LogP contribution >= 0.6 is 0 Å². The topological polar surface area (TPSA) is 88.2 Å². The van der Waals surface area contributed by atoms with Gasteiger partial charge in [0.2, 0.25) is 22.7 Å². The van der Waals surface area contributed by atoms with Crippen LogP contribution in [-0.2, 0) is 14.8 Å². The molecule has 1 saturated heterocycles. The van der Waals surface area contributed by atoms with Gasteiger partial charge in [-0.25, -0.2) is 8.42 Å². The Kier molecular flexibility index (Phi) is 6.11. The van der Waals surface area contributed by atoms with Crippen molar-refractivity contribution in [2.45, 2.75) is 19.3 Å². The van der Waals surface area contributed by atoms with Crippen molar-refractivity contribution in [2.24, 2.45) is 5.92 Å². The average molecular weight is 397 g/mol. The van der Waals surface area contributed by atoms with Gasteiger partial charge < -0.3 is 19.7 Å². The number of piperidine rings is 1. The van der Waals surface area contributed by atoms with Gasteiger partial charge in [-0.1, -0.05) is 0 Å². The molecule has 0 bridgehead atoms. The number of carbonyl (C=O) groups excluding carboxylic acids is 1. The van der Waals surface area contributed by atoms with E-state index in [1.54, 1.807) is 18.2 Å². The monoisotopic (exact) mass is 397 g/mol. The molecule has 1 N–H and O–H groups in total. The van der Waals surface area contributed by atoms with E-state index in [2.05, 4.69) is 17.3 Å². The molecule has 0 radical (unpaired) electrons. The number of fused-ring (bicyclic) bond motifs is 1. The summed E-state index contributed by atoms with van der Waals surface area (Å²) in [5.41, 5.74) is 0.382. The molecule has 9 heteroatoms. The Morgan fingerprint density at radius 3 is 2.67 bits per heavy atom. The van der Waals surface area contributed by atoms with E-state index in [0.717, 1.165) is 42.9 Å². The summed E-state index contributed by atoms with van der Waals surface area (Å²) in [4.78, 5) is 14.6. The van der Waals surface area contributed by atoms with Gasteiger partial charge in [-0.2, -0.15) is 0 Å². The van der Waals surface area contributed by atoms with Crippen molar-refractivity contribution >= 4 is 21.6 Å². The maximum Gasteiger partial charge on any atom is 0.240 e. The SMILES string of the molecule is CN1CCC(CCNC(=O)CN(c2ccc3c(c2)OCO3)S(C)(=O)=O)CC1. The summed E-state index contributed by atoms with van der Waals surface area (Å²) in [5, 5.41) is 2.85. The number of carbonyl (C=O) groups is 1. The molecule has 27 heavy (non-hydrogen) atoms. The van der Waals surface area contributed by atoms with Crippen molar-refractivity contribution in [3.63, 3.8) is 0 Å². The number of hydrogen-bond donors (Lipinski definition) is 1. The molecular formula is C18H27N3O5S. The smallest absolute Gasteiger partial charge is 0.240 e. The highest BCUT2D eigenvalue weighted by Gasteiger charge is 2.24. The first-order valence-electron chi connectivity index (χ1n) is 9.15. The predicted octanol–water partition coefficient (Wildman–Crippen LogP) is 1.03. The quantitative estimate of drug-likeness (QED) is 0.739. The minimum atomic E-state index is -3.61. The second-order valence-corrected chi connectivity index (χ2v) is 9.10. The zero-order valence-corrected chi connectivity index (χ0v) is 16.6. The highest BCUT2D eigenvalue weighted by Crippen LogP contribution is 2.36. The second-order valence-electron chi connectivity index (χ2n) is 7.19. The van der Waals surface area contributed by atoms with Crippen LogP contribution in [0.4, 0.5) is 5.69 Å². The van der Waals surface area contributed by atoms with Crippen LogP contribution < -0.4 is 19.1 Å². The van der Waals surface area contributed by atoms with Crippen LogP contribution in [0.1, 0.15) is 19.3 Å².